The van der Waals surface area contributed by atoms with Crippen LogP contribution in [0.1, 0.15) is 375 Å². The van der Waals surface area contributed by atoms with Gasteiger partial charge in [-0.2, -0.15) is 0 Å². The van der Waals surface area contributed by atoms with E-state index in [9.17, 15) is 61.3 Å². The molecule has 12 aliphatic carbocycles. The van der Waals surface area contributed by atoms with E-state index >= 15 is 0 Å². The van der Waals surface area contributed by atoms with Crippen LogP contribution in [0.25, 0.3) is 0 Å². The smallest absolute Gasteiger partial charge is 0.0837 e. The number of allylic oxidation sites excluding steroid dienone is 12. The number of fused-ring (bicyclic) bond motifs is 4. The van der Waals surface area contributed by atoms with Gasteiger partial charge in [0.2, 0.25) is 0 Å². The highest BCUT2D eigenvalue weighted by Crippen LogP contribution is 2.64. The minimum atomic E-state index is -0.648. The minimum absolute atomic E-state index is 0.0266. The summed E-state index contributed by atoms with van der Waals surface area (Å²) < 4.78 is 0. The molecule has 12 heteroatoms. The van der Waals surface area contributed by atoms with Crippen molar-refractivity contribution in [2.75, 3.05) is 0 Å². The zero-order valence-corrected chi connectivity index (χ0v) is 79.9. The Hall–Kier alpha value is -3.34. The molecule has 12 aliphatic rings. The Labute approximate surface area is 737 Å². The Kier molecular flexibility index (Phi) is 36.0. The van der Waals surface area contributed by atoms with Crippen LogP contribution >= 0.6 is 0 Å². The SMILES string of the molecule is C=C1/C(=C\C=C2/CCC[C@@]3(C)C2CCC3[C@@H](C)CCCC(C)(C)O)C[C@@H](O)C[C@@H]1O.C=C1/C(=C\C=C2/CCC[C@@]3(C)C2CCC3[C@H](C)CCCC(C)(C)O)C[C@@H](O)[C@H](C)[C@@H]1O.C=C1[C@H](O)CC(=C/C=C2\CCC[C@@]3(C)C2CCC3[C@@H](C)CCCC(C)(C)O)C[C@H]1O.CC1[C@H](O)CC(=C/C=C2\CCC[C@@]3(C)C2CCC3[C@@H](C)CCCC(C)(C)O)C[C@H]1O. The molecule has 12 fully saturated rings. The molecular formula is C109H180O12. The number of aliphatic hydroxyl groups is 12. The zero-order chi connectivity index (χ0) is 89.3. The highest BCUT2D eigenvalue weighted by molar-refractivity contribution is 5.41. The molecule has 0 amide bonds. The fourth-order valence-corrected chi connectivity index (χ4v) is 27.2. The lowest BCUT2D eigenvalue weighted by Gasteiger charge is -2.44. The quantitative estimate of drug-likeness (QED) is 0.0404. The molecule has 0 heterocycles. The summed E-state index contributed by atoms with van der Waals surface area (Å²) in [4.78, 5) is 0. The summed E-state index contributed by atoms with van der Waals surface area (Å²) in [5.74, 6) is 8.33. The number of aliphatic hydroxyl groups excluding tert-OH is 8. The Morgan fingerprint density at radius 1 is 0.355 bits per heavy atom. The maximum atomic E-state index is 10.4. The van der Waals surface area contributed by atoms with Gasteiger partial charge < -0.3 is 61.3 Å². The summed E-state index contributed by atoms with van der Waals surface area (Å²) in [6.07, 6.45) is 56.1. The Morgan fingerprint density at radius 2 is 0.636 bits per heavy atom. The fraction of sp³-hybridized carbons (Fsp3) is 0.798. The second-order valence-corrected chi connectivity index (χ2v) is 46.3. The first-order valence-electron chi connectivity index (χ1n) is 49.4. The lowest BCUT2D eigenvalue weighted by molar-refractivity contribution is 0.00402. The van der Waals surface area contributed by atoms with E-state index in [0.717, 1.165) is 109 Å². The van der Waals surface area contributed by atoms with Crippen LogP contribution in [0.4, 0.5) is 0 Å². The molecule has 0 aromatic rings. The third-order valence-electron chi connectivity index (χ3n) is 34.7. The molecule has 8 unspecified atom stereocenters. The van der Waals surface area contributed by atoms with E-state index in [2.05, 4.69) is 124 Å². The van der Waals surface area contributed by atoms with Gasteiger partial charge in [0.05, 0.1) is 71.2 Å². The molecule has 25 atom stereocenters. The summed E-state index contributed by atoms with van der Waals surface area (Å²) in [7, 11) is 0. The maximum Gasteiger partial charge on any atom is 0.0837 e. The lowest BCUT2D eigenvalue weighted by atomic mass is 9.60. The van der Waals surface area contributed by atoms with Crippen LogP contribution in [0.5, 0.6) is 0 Å². The molecule has 0 aromatic carbocycles. The van der Waals surface area contributed by atoms with Crippen LogP contribution in [-0.4, -0.2) is 133 Å². The molecule has 0 aromatic heterocycles. The zero-order valence-electron chi connectivity index (χ0n) is 79.9. The second-order valence-electron chi connectivity index (χ2n) is 46.3. The fourth-order valence-electron chi connectivity index (χ4n) is 27.2. The molecule has 12 saturated carbocycles. The summed E-state index contributed by atoms with van der Waals surface area (Å²) in [6, 6.07) is 0. The molecule has 0 spiro atoms. The Morgan fingerprint density at radius 3 is 0.942 bits per heavy atom. The Bertz CT molecular complexity index is 3630. The van der Waals surface area contributed by atoms with Crippen LogP contribution in [0.15, 0.2) is 130 Å². The predicted octanol–water partition coefficient (Wildman–Crippen LogP) is 23.1. The van der Waals surface area contributed by atoms with E-state index in [1.807, 2.05) is 69.2 Å². The van der Waals surface area contributed by atoms with Gasteiger partial charge in [-0.15, -0.1) is 0 Å². The second kappa shape index (κ2) is 42.9. The van der Waals surface area contributed by atoms with Crippen molar-refractivity contribution in [1.82, 2.24) is 0 Å². The van der Waals surface area contributed by atoms with E-state index in [-0.39, 0.29) is 11.8 Å². The van der Waals surface area contributed by atoms with Crippen molar-refractivity contribution in [3.8, 4) is 0 Å². The minimum Gasteiger partial charge on any atom is -0.393 e. The van der Waals surface area contributed by atoms with Crippen LogP contribution in [0.3, 0.4) is 0 Å². The molecule has 121 heavy (non-hydrogen) atoms. The van der Waals surface area contributed by atoms with Crippen molar-refractivity contribution in [1.29, 1.82) is 0 Å². The molecule has 12 nitrogen and oxygen atoms in total. The average molecular weight is 1680 g/mol. The first-order chi connectivity index (χ1) is 56.5. The first kappa shape index (κ1) is 101. The molecule has 0 radical (unpaired) electrons. The van der Waals surface area contributed by atoms with Crippen molar-refractivity contribution in [2.45, 2.75) is 446 Å². The van der Waals surface area contributed by atoms with Gasteiger partial charge in [-0.25, -0.2) is 0 Å². The standard InChI is InChI=1S/C28H46O3.C27H46O3.2C27H44O3/c1-18(9-7-15-27(4,5)31)23-13-14-24-21(10-8-16-28(23,24)6)11-12-22-17-25(29)20(3)26(30)19(22)2;2*1-18(8-6-14-26(3,4)30)22-12-13-23-21(9-7-15-27(22,23)5)11-10-20-16-24(28)19(2)25(29)17-20;1-18(8-6-14-26(3,4)30)23-12-13-24-20(9-7-15-27(23,24)5)10-11-21-16-22(28)17-25(29)19(21)2/h11-12,18,20,23-26,29-31H,2,7-10,13-17H2,1,3-6H3;10-11,18-19,22-25,28-30H,6-9,12-17H2,1-5H3;2*10-11,18,22-25,28-30H,2,6-9,12-17H2,1,3-5H3/b21-11+,22-12-;20-10?,21-11+;21-11+;20-10+,21-11-/t18-,20+,23?,24?,25-,26-,28-;18-,19?,22?,23?,24+,25+,27+;18-,22?,23?,24+,25+,27+;18-,22+,23?,24?,25-,27+/m1000/s1. The van der Waals surface area contributed by atoms with E-state index in [0.29, 0.717) is 120 Å². The third-order valence-corrected chi connectivity index (χ3v) is 34.7. The predicted molar refractivity (Wildman–Crippen MR) is 501 cm³/mol. The number of rotatable bonds is 24. The van der Waals surface area contributed by atoms with Gasteiger partial charge >= 0.3 is 0 Å². The summed E-state index contributed by atoms with van der Waals surface area (Å²) in [6.45, 7) is 51.0. The molecule has 0 bridgehead atoms. The highest BCUT2D eigenvalue weighted by atomic mass is 16.3. The maximum absolute atomic E-state index is 10.4. The van der Waals surface area contributed by atoms with E-state index in [4.69, 9.17) is 0 Å². The molecule has 12 N–H and O–H groups in total. The molecular weight excluding hydrogens is 1500 g/mol. The van der Waals surface area contributed by atoms with Gasteiger partial charge in [0.25, 0.3) is 0 Å². The topological polar surface area (TPSA) is 243 Å². The van der Waals surface area contributed by atoms with Gasteiger partial charge in [-0.05, 0) is 369 Å². The molecule has 0 aliphatic heterocycles. The van der Waals surface area contributed by atoms with Crippen LogP contribution in [0, 0.1) is 105 Å². The van der Waals surface area contributed by atoms with Crippen LogP contribution in [0.2, 0.25) is 0 Å². The van der Waals surface area contributed by atoms with E-state index < -0.39 is 71.2 Å². The van der Waals surface area contributed by atoms with Crippen molar-refractivity contribution < 1.29 is 61.3 Å². The monoisotopic (exact) mass is 1680 g/mol. The van der Waals surface area contributed by atoms with Gasteiger partial charge in [-0.1, -0.05) is 222 Å². The molecule has 12 rings (SSSR count). The summed E-state index contributed by atoms with van der Waals surface area (Å²) in [5.41, 5.74) is 12.1. The average Bonchev–Trinajstić information content (AvgIpc) is 1.64. The molecule has 0 saturated heterocycles. The number of hydrogen-bond donors (Lipinski definition) is 12. The third kappa shape index (κ3) is 26.5. The van der Waals surface area contributed by atoms with Crippen LogP contribution < -0.4 is 0 Å². The van der Waals surface area contributed by atoms with E-state index in [1.165, 1.54) is 153 Å². The first-order valence-corrected chi connectivity index (χ1v) is 49.4. The van der Waals surface area contributed by atoms with E-state index in [1.54, 1.807) is 22.3 Å². The van der Waals surface area contributed by atoms with Crippen molar-refractivity contribution in [3.63, 3.8) is 0 Å². The number of hydrogen-bond acceptors (Lipinski definition) is 12. The van der Waals surface area contributed by atoms with Gasteiger partial charge in [0.1, 0.15) is 0 Å². The lowest BCUT2D eigenvalue weighted by Crippen LogP contribution is -2.36. The van der Waals surface area contributed by atoms with Crippen molar-refractivity contribution in [3.05, 3.63) is 130 Å². The van der Waals surface area contributed by atoms with Crippen molar-refractivity contribution in [2.24, 2.45) is 105 Å². The Balaban J connectivity index is 0.000000183. The van der Waals surface area contributed by atoms with Crippen LogP contribution in [-0.2, 0) is 0 Å². The summed E-state index contributed by atoms with van der Waals surface area (Å²) in [5, 5.41) is 122. The van der Waals surface area contributed by atoms with Crippen molar-refractivity contribution >= 4 is 0 Å². The normalized spacial score (nSPS) is 39.1. The largest absolute Gasteiger partial charge is 0.393 e. The highest BCUT2D eigenvalue weighted by Gasteiger charge is 2.55. The van der Waals surface area contributed by atoms with Gasteiger partial charge in [0.15, 0.2) is 0 Å². The summed E-state index contributed by atoms with van der Waals surface area (Å²) >= 11 is 0. The van der Waals surface area contributed by atoms with Gasteiger partial charge in [0, 0.05) is 18.3 Å². The molecule has 688 valence electrons. The van der Waals surface area contributed by atoms with Gasteiger partial charge in [-0.3, -0.25) is 0 Å².